The molecule has 1 fully saturated rings. The van der Waals surface area contributed by atoms with Gasteiger partial charge in [0.25, 0.3) is 0 Å². The maximum atomic E-state index is 12.7. The van der Waals surface area contributed by atoms with Crippen LogP contribution in [0.3, 0.4) is 0 Å². The maximum Gasteiger partial charge on any atom is 0.232 e. The molecule has 5 heteroatoms. The molecule has 0 radical (unpaired) electrons. The Labute approximate surface area is 144 Å². The molecule has 1 aliphatic carbocycles. The fraction of sp³-hybridized carbons (Fsp3) is 0.588. The van der Waals surface area contributed by atoms with Crippen LogP contribution < -0.4 is 5.73 Å². The lowest BCUT2D eigenvalue weighted by molar-refractivity contribution is -0.132. The van der Waals surface area contributed by atoms with Crippen LogP contribution in [0.15, 0.2) is 24.3 Å². The Morgan fingerprint density at radius 3 is 2.32 bits per heavy atom. The number of amides is 1. The Morgan fingerprint density at radius 1 is 1.32 bits per heavy atom. The second-order valence-corrected chi connectivity index (χ2v) is 6.95. The summed E-state index contributed by atoms with van der Waals surface area (Å²) in [4.78, 5) is 14.6. The van der Waals surface area contributed by atoms with Gasteiger partial charge >= 0.3 is 0 Å². The van der Waals surface area contributed by atoms with Crippen molar-refractivity contribution in [2.24, 2.45) is 11.7 Å². The molecular weight excluding hydrogens is 319 g/mol. The standard InChI is InChI=1S/C17H25ClN2O.ClH/c1-12(2)15(19)8-11-20(3)16(21)17(9-10-17)13-4-6-14(18)7-5-13;/h4-7,12,15H,8-11,19H2,1-3H3;1H. The van der Waals surface area contributed by atoms with Gasteiger partial charge in [-0.05, 0) is 42.9 Å². The van der Waals surface area contributed by atoms with Crippen molar-refractivity contribution in [1.82, 2.24) is 4.90 Å². The lowest BCUT2D eigenvalue weighted by Crippen LogP contribution is -2.39. The molecule has 1 saturated carbocycles. The number of halogens is 2. The number of rotatable bonds is 6. The molecule has 22 heavy (non-hydrogen) atoms. The lowest BCUT2D eigenvalue weighted by Gasteiger charge is -2.26. The molecule has 0 spiro atoms. The number of nitrogens with two attached hydrogens (primary N) is 1. The molecule has 2 N–H and O–H groups in total. The minimum Gasteiger partial charge on any atom is -0.345 e. The summed E-state index contributed by atoms with van der Waals surface area (Å²) >= 11 is 5.93. The molecule has 3 nitrogen and oxygen atoms in total. The van der Waals surface area contributed by atoms with Gasteiger partial charge < -0.3 is 10.6 Å². The van der Waals surface area contributed by atoms with E-state index in [1.54, 1.807) is 0 Å². The summed E-state index contributed by atoms with van der Waals surface area (Å²) in [6.45, 7) is 4.94. The fourth-order valence-electron chi connectivity index (χ4n) is 2.66. The average Bonchev–Trinajstić information content (AvgIpc) is 3.25. The van der Waals surface area contributed by atoms with Gasteiger partial charge in [-0.3, -0.25) is 4.79 Å². The number of likely N-dealkylation sites (N-methyl/N-ethyl adjacent to an activating group) is 1. The highest BCUT2D eigenvalue weighted by molar-refractivity contribution is 6.30. The van der Waals surface area contributed by atoms with E-state index in [4.69, 9.17) is 17.3 Å². The van der Waals surface area contributed by atoms with Crippen molar-refractivity contribution in [1.29, 1.82) is 0 Å². The van der Waals surface area contributed by atoms with Gasteiger partial charge in [0.05, 0.1) is 5.41 Å². The zero-order valence-corrected chi connectivity index (χ0v) is 15.1. The molecule has 0 bridgehead atoms. The van der Waals surface area contributed by atoms with Gasteiger partial charge in [-0.1, -0.05) is 37.6 Å². The molecular formula is C17H26Cl2N2O. The monoisotopic (exact) mass is 344 g/mol. The first-order valence-electron chi connectivity index (χ1n) is 7.64. The van der Waals surface area contributed by atoms with E-state index < -0.39 is 0 Å². The predicted molar refractivity (Wildman–Crippen MR) is 94.7 cm³/mol. The van der Waals surface area contributed by atoms with E-state index >= 15 is 0 Å². The smallest absolute Gasteiger partial charge is 0.232 e. The number of benzene rings is 1. The second-order valence-electron chi connectivity index (χ2n) is 6.51. The van der Waals surface area contributed by atoms with Crippen molar-refractivity contribution in [2.45, 2.75) is 44.6 Å². The highest BCUT2D eigenvalue weighted by Crippen LogP contribution is 2.49. The van der Waals surface area contributed by atoms with Crippen molar-refractivity contribution in [3.63, 3.8) is 0 Å². The van der Waals surface area contributed by atoms with Gasteiger partial charge in [-0.2, -0.15) is 0 Å². The van der Waals surface area contributed by atoms with Crippen LogP contribution in [-0.4, -0.2) is 30.4 Å². The Bertz CT molecular complexity index is 498. The number of carbonyl (C=O) groups is 1. The van der Waals surface area contributed by atoms with Crippen LogP contribution >= 0.6 is 24.0 Å². The van der Waals surface area contributed by atoms with Crippen LogP contribution in [0.4, 0.5) is 0 Å². The Hall–Kier alpha value is -0.770. The minimum absolute atomic E-state index is 0. The molecule has 1 atom stereocenters. The summed E-state index contributed by atoms with van der Waals surface area (Å²) in [7, 11) is 1.88. The van der Waals surface area contributed by atoms with Crippen molar-refractivity contribution in [2.75, 3.05) is 13.6 Å². The van der Waals surface area contributed by atoms with Crippen molar-refractivity contribution >= 4 is 29.9 Å². The molecule has 2 rings (SSSR count). The van der Waals surface area contributed by atoms with E-state index in [1.807, 2.05) is 36.2 Å². The van der Waals surface area contributed by atoms with Gasteiger partial charge in [0, 0.05) is 24.7 Å². The minimum atomic E-state index is -0.318. The van der Waals surface area contributed by atoms with Gasteiger partial charge in [0.15, 0.2) is 0 Å². The lowest BCUT2D eigenvalue weighted by atomic mass is 9.94. The first kappa shape index (κ1) is 19.3. The highest BCUT2D eigenvalue weighted by atomic mass is 35.5. The molecule has 1 aromatic rings. The quantitative estimate of drug-likeness (QED) is 0.856. The summed E-state index contributed by atoms with van der Waals surface area (Å²) in [6.07, 6.45) is 2.69. The van der Waals surface area contributed by atoms with Gasteiger partial charge in [-0.15, -0.1) is 12.4 Å². The van der Waals surface area contributed by atoms with E-state index in [-0.39, 0.29) is 29.8 Å². The highest BCUT2D eigenvalue weighted by Gasteiger charge is 2.52. The topological polar surface area (TPSA) is 46.3 Å². The normalized spacial score (nSPS) is 16.8. The number of hydrogen-bond acceptors (Lipinski definition) is 2. The van der Waals surface area contributed by atoms with Crippen molar-refractivity contribution in [3.05, 3.63) is 34.9 Å². The van der Waals surface area contributed by atoms with Crippen LogP contribution in [0.25, 0.3) is 0 Å². The zero-order chi connectivity index (χ0) is 15.6. The molecule has 1 aliphatic rings. The third kappa shape index (κ3) is 4.15. The maximum absolute atomic E-state index is 12.7. The van der Waals surface area contributed by atoms with E-state index in [0.29, 0.717) is 17.5 Å². The Balaban J connectivity index is 0.00000242. The van der Waals surface area contributed by atoms with Crippen molar-refractivity contribution < 1.29 is 4.79 Å². The van der Waals surface area contributed by atoms with E-state index in [2.05, 4.69) is 13.8 Å². The average molecular weight is 345 g/mol. The predicted octanol–water partition coefficient (Wildman–Crippen LogP) is 3.63. The first-order valence-corrected chi connectivity index (χ1v) is 8.02. The van der Waals surface area contributed by atoms with Gasteiger partial charge in [0.1, 0.15) is 0 Å². The van der Waals surface area contributed by atoms with Crippen LogP contribution in [0.1, 0.15) is 38.7 Å². The molecule has 0 saturated heterocycles. The largest absolute Gasteiger partial charge is 0.345 e. The van der Waals surface area contributed by atoms with Crippen LogP contribution in [0, 0.1) is 5.92 Å². The Kier molecular flexibility index (Phi) is 6.72. The Morgan fingerprint density at radius 2 is 1.86 bits per heavy atom. The molecule has 0 heterocycles. The SMILES string of the molecule is CC(C)C(N)CCN(C)C(=O)C1(c2ccc(Cl)cc2)CC1.Cl. The van der Waals surface area contributed by atoms with Crippen LogP contribution in [0.2, 0.25) is 5.02 Å². The molecule has 1 unspecified atom stereocenters. The van der Waals surface area contributed by atoms with Crippen molar-refractivity contribution in [3.8, 4) is 0 Å². The summed E-state index contributed by atoms with van der Waals surface area (Å²) in [5, 5.41) is 0.707. The first-order chi connectivity index (χ1) is 9.86. The summed E-state index contributed by atoms with van der Waals surface area (Å²) in [5.74, 6) is 0.653. The summed E-state index contributed by atoms with van der Waals surface area (Å²) < 4.78 is 0. The summed E-state index contributed by atoms with van der Waals surface area (Å²) in [5.41, 5.74) is 6.83. The van der Waals surface area contributed by atoms with Gasteiger partial charge in [-0.25, -0.2) is 0 Å². The number of carbonyl (C=O) groups excluding carboxylic acids is 1. The number of nitrogens with zero attached hydrogens (tertiary/aromatic N) is 1. The molecule has 0 aromatic heterocycles. The van der Waals surface area contributed by atoms with Gasteiger partial charge in [0.2, 0.25) is 5.91 Å². The molecule has 1 amide bonds. The number of hydrogen-bond donors (Lipinski definition) is 1. The van der Waals surface area contributed by atoms with E-state index in [0.717, 1.165) is 24.8 Å². The molecule has 124 valence electrons. The van der Waals surface area contributed by atoms with E-state index in [1.165, 1.54) is 0 Å². The molecule has 1 aromatic carbocycles. The molecule has 0 aliphatic heterocycles. The third-order valence-electron chi connectivity index (χ3n) is 4.56. The second kappa shape index (κ2) is 7.67. The summed E-state index contributed by atoms with van der Waals surface area (Å²) in [6, 6.07) is 7.81. The fourth-order valence-corrected chi connectivity index (χ4v) is 2.79. The van der Waals surface area contributed by atoms with Crippen LogP contribution in [-0.2, 0) is 10.2 Å². The zero-order valence-electron chi connectivity index (χ0n) is 13.5. The van der Waals surface area contributed by atoms with E-state index in [9.17, 15) is 4.79 Å². The van der Waals surface area contributed by atoms with Crippen LogP contribution in [0.5, 0.6) is 0 Å². The third-order valence-corrected chi connectivity index (χ3v) is 4.81.